The average molecular weight is 422 g/mol. The summed E-state index contributed by atoms with van der Waals surface area (Å²) in [5.41, 5.74) is 5.45. The third-order valence-corrected chi connectivity index (χ3v) is 5.55. The van der Waals surface area contributed by atoms with Crippen LogP contribution in [0.2, 0.25) is 0 Å². The van der Waals surface area contributed by atoms with Gasteiger partial charge in [-0.1, -0.05) is 0 Å². The summed E-state index contributed by atoms with van der Waals surface area (Å²) >= 11 is 1.55. The molecule has 0 radical (unpaired) electrons. The van der Waals surface area contributed by atoms with E-state index in [1.807, 2.05) is 49.6 Å². The fourth-order valence-electron chi connectivity index (χ4n) is 3.34. The molecule has 8 heteroatoms. The number of carbonyl (C=O) groups is 2. The fourth-order valence-corrected chi connectivity index (χ4v) is 4.00. The van der Waals surface area contributed by atoms with Gasteiger partial charge in [0.1, 0.15) is 0 Å². The van der Waals surface area contributed by atoms with E-state index in [0.717, 1.165) is 21.3 Å². The van der Waals surface area contributed by atoms with E-state index in [4.69, 9.17) is 0 Å². The van der Waals surface area contributed by atoms with Crippen LogP contribution in [0.5, 0.6) is 0 Å². The van der Waals surface area contributed by atoms with Crippen LogP contribution in [-0.4, -0.2) is 38.4 Å². The summed E-state index contributed by atoms with van der Waals surface area (Å²) < 4.78 is 3.04. The zero-order valence-corrected chi connectivity index (χ0v) is 17.9. The molecule has 2 amide bonds. The number of rotatable bonds is 6. The zero-order chi connectivity index (χ0) is 21.3. The van der Waals surface area contributed by atoms with Crippen molar-refractivity contribution in [1.82, 2.24) is 25.2 Å². The second-order valence-corrected chi connectivity index (χ2v) is 8.52. The summed E-state index contributed by atoms with van der Waals surface area (Å²) in [6, 6.07) is 11.0. The highest BCUT2D eigenvalue weighted by Crippen LogP contribution is 2.19. The van der Waals surface area contributed by atoms with E-state index < -0.39 is 0 Å². The van der Waals surface area contributed by atoms with Crippen molar-refractivity contribution in [2.75, 3.05) is 0 Å². The minimum Gasteiger partial charge on any atom is -0.350 e. The van der Waals surface area contributed by atoms with Gasteiger partial charge in [0.25, 0.3) is 11.8 Å². The molecule has 0 fully saturated rings. The number of hydrogen-bond acceptors (Lipinski definition) is 5. The van der Waals surface area contributed by atoms with Gasteiger partial charge in [0.05, 0.1) is 33.1 Å². The number of thiazole rings is 1. The number of nitrogens with zero attached hydrogens (tertiary/aromatic N) is 3. The molecule has 0 spiro atoms. The molecule has 1 atom stereocenters. The number of imidazole rings is 1. The van der Waals surface area contributed by atoms with Crippen LogP contribution in [0.4, 0.5) is 0 Å². The van der Waals surface area contributed by atoms with E-state index in [1.165, 1.54) is 0 Å². The van der Waals surface area contributed by atoms with Crippen molar-refractivity contribution in [3.63, 3.8) is 0 Å². The van der Waals surface area contributed by atoms with Crippen molar-refractivity contribution in [3.8, 4) is 0 Å². The Kier molecular flexibility index (Phi) is 5.50. The third-order valence-electron chi connectivity index (χ3n) is 4.74. The number of amides is 2. The minimum absolute atomic E-state index is 0.0754. The molecule has 0 saturated carbocycles. The van der Waals surface area contributed by atoms with Crippen molar-refractivity contribution in [1.29, 1.82) is 0 Å². The summed E-state index contributed by atoms with van der Waals surface area (Å²) in [6.45, 7) is 6.37. The van der Waals surface area contributed by atoms with Crippen LogP contribution < -0.4 is 10.6 Å². The summed E-state index contributed by atoms with van der Waals surface area (Å²) in [7, 11) is 0. The Balaban J connectivity index is 1.45. The first-order valence-electron chi connectivity index (χ1n) is 9.80. The van der Waals surface area contributed by atoms with Crippen molar-refractivity contribution in [2.45, 2.75) is 39.4 Å². The Hall–Kier alpha value is -3.26. The molecule has 1 unspecified atom stereocenters. The SMILES string of the molecule is CC(C)NC(=O)c1ccc2c(c1)ncn2CC(C)NC(=O)c1ccc2scnc2c1. The van der Waals surface area contributed by atoms with Crippen LogP contribution >= 0.6 is 11.3 Å². The Morgan fingerprint density at radius 2 is 1.67 bits per heavy atom. The smallest absolute Gasteiger partial charge is 0.251 e. The first-order chi connectivity index (χ1) is 14.4. The third kappa shape index (κ3) is 4.18. The lowest BCUT2D eigenvalue weighted by atomic mass is 10.1. The standard InChI is InChI=1S/C22H23N5O2S/c1-13(2)25-21(28)15-4-6-19-17(8-15)23-11-27(19)10-14(3)26-22(29)16-5-7-20-18(9-16)24-12-30-20/h4-9,11-14H,10H2,1-3H3,(H,25,28)(H,26,29). The molecule has 2 aromatic heterocycles. The van der Waals surface area contributed by atoms with Crippen molar-refractivity contribution < 1.29 is 9.59 Å². The number of benzene rings is 2. The summed E-state index contributed by atoms with van der Waals surface area (Å²) in [4.78, 5) is 33.5. The predicted octanol–water partition coefficient (Wildman–Crippen LogP) is 3.60. The maximum atomic E-state index is 12.6. The van der Waals surface area contributed by atoms with Gasteiger partial charge in [-0.05, 0) is 57.2 Å². The van der Waals surface area contributed by atoms with Gasteiger partial charge in [-0.25, -0.2) is 9.97 Å². The molecule has 0 aliphatic heterocycles. The van der Waals surface area contributed by atoms with E-state index in [0.29, 0.717) is 17.7 Å². The lowest BCUT2D eigenvalue weighted by Crippen LogP contribution is -2.35. The lowest BCUT2D eigenvalue weighted by Gasteiger charge is -2.15. The molecule has 2 aromatic carbocycles. The maximum Gasteiger partial charge on any atom is 0.251 e. The first kappa shape index (κ1) is 20.0. The van der Waals surface area contributed by atoms with Crippen LogP contribution in [0.1, 0.15) is 41.5 Å². The Labute approximate surface area is 178 Å². The van der Waals surface area contributed by atoms with Gasteiger partial charge in [0, 0.05) is 29.8 Å². The van der Waals surface area contributed by atoms with E-state index >= 15 is 0 Å². The molecule has 4 aromatic rings. The van der Waals surface area contributed by atoms with E-state index in [2.05, 4.69) is 20.6 Å². The highest BCUT2D eigenvalue weighted by atomic mass is 32.1. The van der Waals surface area contributed by atoms with Gasteiger partial charge in [0.15, 0.2) is 0 Å². The minimum atomic E-state index is -0.130. The second kappa shape index (κ2) is 8.23. The van der Waals surface area contributed by atoms with Crippen LogP contribution in [0.3, 0.4) is 0 Å². The topological polar surface area (TPSA) is 88.9 Å². The highest BCUT2D eigenvalue weighted by Gasteiger charge is 2.14. The number of fused-ring (bicyclic) bond motifs is 2. The van der Waals surface area contributed by atoms with Gasteiger partial charge in [-0.3, -0.25) is 9.59 Å². The fraction of sp³-hybridized carbons (Fsp3) is 0.273. The molecule has 2 heterocycles. The number of carbonyl (C=O) groups excluding carboxylic acids is 2. The number of hydrogen-bond donors (Lipinski definition) is 2. The molecule has 2 N–H and O–H groups in total. The van der Waals surface area contributed by atoms with Crippen LogP contribution in [0.15, 0.2) is 48.2 Å². The Bertz CT molecular complexity index is 1230. The normalized spacial score (nSPS) is 12.4. The van der Waals surface area contributed by atoms with Gasteiger partial charge in [-0.2, -0.15) is 0 Å². The molecule has 0 aliphatic rings. The number of aromatic nitrogens is 3. The lowest BCUT2D eigenvalue weighted by molar-refractivity contribution is 0.0931. The van der Waals surface area contributed by atoms with Gasteiger partial charge in [0.2, 0.25) is 0 Å². The molecular weight excluding hydrogens is 398 g/mol. The average Bonchev–Trinajstić information content (AvgIpc) is 3.33. The molecule has 4 rings (SSSR count). The highest BCUT2D eigenvalue weighted by molar-refractivity contribution is 7.16. The van der Waals surface area contributed by atoms with Crippen molar-refractivity contribution in [3.05, 3.63) is 59.4 Å². The van der Waals surface area contributed by atoms with E-state index in [1.54, 1.807) is 35.3 Å². The number of nitrogens with one attached hydrogen (secondary N) is 2. The molecule has 154 valence electrons. The van der Waals surface area contributed by atoms with Gasteiger partial charge < -0.3 is 15.2 Å². The molecule has 0 aliphatic carbocycles. The molecule has 30 heavy (non-hydrogen) atoms. The summed E-state index contributed by atoms with van der Waals surface area (Å²) in [5, 5.41) is 5.92. The van der Waals surface area contributed by atoms with Crippen molar-refractivity contribution >= 4 is 44.4 Å². The monoisotopic (exact) mass is 421 g/mol. The first-order valence-corrected chi connectivity index (χ1v) is 10.7. The Morgan fingerprint density at radius 1 is 0.967 bits per heavy atom. The molecule has 7 nitrogen and oxygen atoms in total. The predicted molar refractivity (Wildman–Crippen MR) is 119 cm³/mol. The summed E-state index contributed by atoms with van der Waals surface area (Å²) in [6.07, 6.45) is 1.73. The molecular formula is C22H23N5O2S. The van der Waals surface area contributed by atoms with E-state index in [-0.39, 0.29) is 23.9 Å². The van der Waals surface area contributed by atoms with Crippen LogP contribution in [-0.2, 0) is 6.54 Å². The molecule has 0 saturated heterocycles. The van der Waals surface area contributed by atoms with Gasteiger partial charge >= 0.3 is 0 Å². The Morgan fingerprint density at radius 3 is 2.43 bits per heavy atom. The van der Waals surface area contributed by atoms with Crippen molar-refractivity contribution in [2.24, 2.45) is 0 Å². The van der Waals surface area contributed by atoms with Crippen LogP contribution in [0, 0.1) is 0 Å². The quantitative estimate of drug-likeness (QED) is 0.498. The summed E-state index contributed by atoms with van der Waals surface area (Å²) in [5.74, 6) is -0.242. The molecule has 0 bridgehead atoms. The largest absolute Gasteiger partial charge is 0.350 e. The second-order valence-electron chi connectivity index (χ2n) is 7.64. The van der Waals surface area contributed by atoms with Gasteiger partial charge in [-0.15, -0.1) is 11.3 Å². The maximum absolute atomic E-state index is 12.6. The van der Waals surface area contributed by atoms with Crippen LogP contribution in [0.25, 0.3) is 21.3 Å². The van der Waals surface area contributed by atoms with E-state index in [9.17, 15) is 9.59 Å². The zero-order valence-electron chi connectivity index (χ0n) is 17.0.